The third-order valence-electron chi connectivity index (χ3n) is 5.63. The van der Waals surface area contributed by atoms with Crippen molar-refractivity contribution in [3.05, 3.63) is 41.0 Å². The highest BCUT2D eigenvalue weighted by molar-refractivity contribution is 7.86. The zero-order chi connectivity index (χ0) is 19.6. The molecule has 28 heavy (non-hydrogen) atoms. The maximum absolute atomic E-state index is 12.9. The molecule has 6 nitrogen and oxygen atoms in total. The maximum Gasteiger partial charge on any atom is 0.282 e. The molecule has 0 aliphatic carbocycles. The smallest absolute Gasteiger partial charge is 0.282 e. The van der Waals surface area contributed by atoms with Crippen molar-refractivity contribution in [2.45, 2.75) is 32.2 Å². The molecule has 152 valence electrons. The van der Waals surface area contributed by atoms with Gasteiger partial charge in [-0.05, 0) is 37.9 Å². The van der Waals surface area contributed by atoms with Crippen molar-refractivity contribution in [3.63, 3.8) is 0 Å². The Balaban J connectivity index is 1.42. The molecular formula is C20H27ClN4O2S. The van der Waals surface area contributed by atoms with Gasteiger partial charge < -0.3 is 0 Å². The minimum atomic E-state index is -3.33. The standard InChI is InChI=1S/C20H27ClN4O2S/c21-19-7-4-6-17-8-9-18(22-20(17)19)16-23-10-5-13-25(15-14-23)28(26,27)24-11-2-1-3-12-24/h4,6-9H,1-3,5,10-16H2. The minimum absolute atomic E-state index is 0.535. The van der Waals surface area contributed by atoms with E-state index in [2.05, 4.69) is 11.0 Å². The summed E-state index contributed by atoms with van der Waals surface area (Å²) in [6.45, 7) is 4.73. The highest BCUT2D eigenvalue weighted by Gasteiger charge is 2.31. The molecule has 0 radical (unpaired) electrons. The van der Waals surface area contributed by atoms with Crippen LogP contribution >= 0.6 is 11.6 Å². The number of pyridine rings is 1. The second kappa shape index (κ2) is 8.63. The third kappa shape index (κ3) is 4.33. The van der Waals surface area contributed by atoms with Crippen LogP contribution in [0.5, 0.6) is 0 Å². The number of piperidine rings is 1. The summed E-state index contributed by atoms with van der Waals surface area (Å²) in [4.78, 5) is 7.02. The van der Waals surface area contributed by atoms with Crippen LogP contribution in [-0.2, 0) is 16.8 Å². The molecule has 4 rings (SSSR count). The largest absolute Gasteiger partial charge is 0.296 e. The van der Waals surface area contributed by atoms with E-state index >= 15 is 0 Å². The van der Waals surface area contributed by atoms with Gasteiger partial charge in [0.1, 0.15) is 0 Å². The monoisotopic (exact) mass is 422 g/mol. The van der Waals surface area contributed by atoms with Crippen molar-refractivity contribution >= 4 is 32.7 Å². The van der Waals surface area contributed by atoms with Crippen molar-refractivity contribution in [1.29, 1.82) is 0 Å². The lowest BCUT2D eigenvalue weighted by Gasteiger charge is -2.31. The number of aromatic nitrogens is 1. The molecule has 0 N–H and O–H groups in total. The second-order valence-electron chi connectivity index (χ2n) is 7.61. The fraction of sp³-hybridized carbons (Fsp3) is 0.550. The summed E-state index contributed by atoms with van der Waals surface area (Å²) >= 11 is 6.29. The normalized spacial score (nSPS) is 21.0. The van der Waals surface area contributed by atoms with Crippen LogP contribution in [0.2, 0.25) is 5.02 Å². The molecule has 2 saturated heterocycles. The molecule has 8 heteroatoms. The van der Waals surface area contributed by atoms with Crippen LogP contribution in [0.4, 0.5) is 0 Å². The molecule has 2 aromatic rings. The Morgan fingerprint density at radius 2 is 1.61 bits per heavy atom. The first-order valence-corrected chi connectivity index (χ1v) is 11.8. The quantitative estimate of drug-likeness (QED) is 0.759. The Kier molecular flexibility index (Phi) is 6.18. The van der Waals surface area contributed by atoms with Gasteiger partial charge in [-0.1, -0.05) is 36.2 Å². The van der Waals surface area contributed by atoms with E-state index in [1.165, 1.54) is 0 Å². The van der Waals surface area contributed by atoms with Crippen molar-refractivity contribution in [1.82, 2.24) is 18.5 Å². The Bertz CT molecular complexity index is 931. The number of benzene rings is 1. The van der Waals surface area contributed by atoms with E-state index in [-0.39, 0.29) is 0 Å². The van der Waals surface area contributed by atoms with Gasteiger partial charge in [0.2, 0.25) is 0 Å². The van der Waals surface area contributed by atoms with Gasteiger partial charge in [-0.15, -0.1) is 0 Å². The van der Waals surface area contributed by atoms with Crippen LogP contribution in [-0.4, -0.2) is 66.2 Å². The Hall–Kier alpha value is -1.25. The van der Waals surface area contributed by atoms with Gasteiger partial charge >= 0.3 is 0 Å². The molecule has 0 atom stereocenters. The third-order valence-corrected chi connectivity index (χ3v) is 7.97. The maximum atomic E-state index is 12.9. The van der Waals surface area contributed by atoms with Crippen LogP contribution in [0, 0.1) is 0 Å². The molecule has 3 heterocycles. The first-order valence-electron chi connectivity index (χ1n) is 10.1. The summed E-state index contributed by atoms with van der Waals surface area (Å²) in [5.41, 5.74) is 1.79. The van der Waals surface area contributed by atoms with Crippen LogP contribution in [0.3, 0.4) is 0 Å². The van der Waals surface area contributed by atoms with E-state index in [4.69, 9.17) is 16.6 Å². The van der Waals surface area contributed by atoms with Crippen molar-refractivity contribution in [2.75, 3.05) is 39.3 Å². The highest BCUT2D eigenvalue weighted by Crippen LogP contribution is 2.23. The van der Waals surface area contributed by atoms with E-state index in [9.17, 15) is 8.42 Å². The van der Waals surface area contributed by atoms with E-state index in [1.54, 1.807) is 8.61 Å². The van der Waals surface area contributed by atoms with Crippen molar-refractivity contribution in [2.24, 2.45) is 0 Å². The number of para-hydroxylation sites is 1. The molecular weight excluding hydrogens is 396 g/mol. The first-order chi connectivity index (χ1) is 13.5. The van der Waals surface area contributed by atoms with Gasteiger partial charge in [-0.3, -0.25) is 4.90 Å². The average molecular weight is 423 g/mol. The van der Waals surface area contributed by atoms with E-state index in [0.717, 1.165) is 55.4 Å². The summed E-state index contributed by atoms with van der Waals surface area (Å²) < 4.78 is 29.2. The summed E-state index contributed by atoms with van der Waals surface area (Å²) in [5, 5.41) is 1.69. The molecule has 1 aromatic carbocycles. The molecule has 0 unspecified atom stereocenters. The number of rotatable bonds is 4. The molecule has 0 bridgehead atoms. The van der Waals surface area contributed by atoms with Crippen LogP contribution in [0.25, 0.3) is 10.9 Å². The topological polar surface area (TPSA) is 56.8 Å². The predicted octanol–water partition coefficient (Wildman–Crippen LogP) is 3.13. The number of halogens is 1. The van der Waals surface area contributed by atoms with Crippen LogP contribution in [0.1, 0.15) is 31.4 Å². The summed E-state index contributed by atoms with van der Waals surface area (Å²) in [6, 6.07) is 9.88. The lowest BCUT2D eigenvalue weighted by molar-refractivity contribution is 0.270. The summed E-state index contributed by atoms with van der Waals surface area (Å²) in [7, 11) is -3.33. The minimum Gasteiger partial charge on any atom is -0.296 e. The Morgan fingerprint density at radius 3 is 2.43 bits per heavy atom. The highest BCUT2D eigenvalue weighted by atomic mass is 35.5. The van der Waals surface area contributed by atoms with Crippen molar-refractivity contribution in [3.8, 4) is 0 Å². The zero-order valence-electron chi connectivity index (χ0n) is 16.1. The molecule has 2 fully saturated rings. The van der Waals surface area contributed by atoms with E-state index < -0.39 is 10.2 Å². The van der Waals surface area contributed by atoms with Gasteiger partial charge in [0.05, 0.1) is 16.2 Å². The molecule has 0 spiro atoms. The lowest BCUT2D eigenvalue weighted by Crippen LogP contribution is -2.47. The van der Waals surface area contributed by atoms with Gasteiger partial charge in [-0.2, -0.15) is 17.0 Å². The van der Waals surface area contributed by atoms with E-state index in [0.29, 0.717) is 37.7 Å². The summed E-state index contributed by atoms with van der Waals surface area (Å²) in [6.07, 6.45) is 3.90. The van der Waals surface area contributed by atoms with Gasteiger partial charge in [-0.25, -0.2) is 4.98 Å². The molecule has 1 aromatic heterocycles. The van der Waals surface area contributed by atoms with Gasteiger partial charge in [0.15, 0.2) is 0 Å². The van der Waals surface area contributed by atoms with E-state index in [1.807, 2.05) is 24.3 Å². The number of fused-ring (bicyclic) bond motifs is 1. The first kappa shape index (κ1) is 20.0. The van der Waals surface area contributed by atoms with Gasteiger partial charge in [0.25, 0.3) is 10.2 Å². The molecule has 2 aliphatic rings. The SMILES string of the molecule is O=S(=O)(N1CCCCC1)N1CCCN(Cc2ccc3cccc(Cl)c3n2)CC1. The van der Waals surface area contributed by atoms with Crippen molar-refractivity contribution < 1.29 is 8.42 Å². The Morgan fingerprint density at radius 1 is 0.857 bits per heavy atom. The van der Waals surface area contributed by atoms with Crippen LogP contribution < -0.4 is 0 Å². The lowest BCUT2D eigenvalue weighted by atomic mass is 10.2. The second-order valence-corrected chi connectivity index (χ2v) is 9.95. The molecule has 0 amide bonds. The Labute approximate surface area is 172 Å². The fourth-order valence-electron chi connectivity index (χ4n) is 4.06. The average Bonchev–Trinajstić information content (AvgIpc) is 2.95. The predicted molar refractivity (Wildman–Crippen MR) is 113 cm³/mol. The molecule has 0 saturated carbocycles. The number of hydrogen-bond acceptors (Lipinski definition) is 4. The fourth-order valence-corrected chi connectivity index (χ4v) is 6.01. The van der Waals surface area contributed by atoms with Gasteiger partial charge in [0, 0.05) is 44.7 Å². The number of hydrogen-bond donors (Lipinski definition) is 0. The molecule has 2 aliphatic heterocycles. The van der Waals surface area contributed by atoms with Crippen LogP contribution in [0.15, 0.2) is 30.3 Å². The zero-order valence-corrected chi connectivity index (χ0v) is 17.6. The number of nitrogens with zero attached hydrogens (tertiary/aromatic N) is 4. The summed E-state index contributed by atoms with van der Waals surface area (Å²) in [5.74, 6) is 0.